The third-order valence-corrected chi connectivity index (χ3v) is 6.97. The van der Waals surface area contributed by atoms with E-state index >= 15 is 0 Å². The highest BCUT2D eigenvalue weighted by atomic mass is 32.2. The summed E-state index contributed by atoms with van der Waals surface area (Å²) in [6.07, 6.45) is 5.66. The number of thioether (sulfide) groups is 1. The van der Waals surface area contributed by atoms with Crippen LogP contribution in [0.25, 0.3) is 17.2 Å². The number of benzene rings is 2. The first-order valence-corrected chi connectivity index (χ1v) is 12.2. The quantitative estimate of drug-likeness (QED) is 0.619. The molecule has 2 aliphatic heterocycles. The van der Waals surface area contributed by atoms with E-state index in [0.717, 1.165) is 55.0 Å². The van der Waals surface area contributed by atoms with Gasteiger partial charge in [-0.25, -0.2) is 0 Å². The molecule has 4 rings (SSSR count). The van der Waals surface area contributed by atoms with Crippen LogP contribution in [0.15, 0.2) is 51.9 Å². The summed E-state index contributed by atoms with van der Waals surface area (Å²) >= 11 is 1.94. The van der Waals surface area contributed by atoms with Crippen molar-refractivity contribution in [3.05, 3.63) is 53.1 Å². The Bertz CT molecular complexity index is 1030. The Balaban J connectivity index is 1.69. The lowest BCUT2D eigenvalue weighted by molar-refractivity contribution is -0.127. The second-order valence-electron chi connectivity index (χ2n) is 8.16. The Hall–Kier alpha value is -2.53. The Morgan fingerprint density at radius 1 is 1.10 bits per heavy atom. The number of nitrogens with zero attached hydrogens (tertiary/aromatic N) is 2. The molecule has 1 N–H and O–H groups in total. The number of hydrogen-bond acceptors (Lipinski definition) is 3. The van der Waals surface area contributed by atoms with E-state index in [9.17, 15) is 4.79 Å². The zero-order valence-corrected chi connectivity index (χ0v) is 19.5. The van der Waals surface area contributed by atoms with Gasteiger partial charge in [-0.3, -0.25) is 9.79 Å². The number of amidine groups is 1. The minimum Gasteiger partial charge on any atom is -0.343 e. The van der Waals surface area contributed by atoms with Crippen LogP contribution in [0.4, 0.5) is 5.69 Å². The lowest BCUT2D eigenvalue weighted by Gasteiger charge is -2.22. The molecule has 0 atom stereocenters. The average molecular weight is 434 g/mol. The van der Waals surface area contributed by atoms with Gasteiger partial charge < -0.3 is 10.2 Å². The van der Waals surface area contributed by atoms with Gasteiger partial charge in [-0.15, -0.1) is 11.8 Å². The number of amides is 1. The van der Waals surface area contributed by atoms with E-state index in [4.69, 9.17) is 0 Å². The minimum absolute atomic E-state index is 0.124. The summed E-state index contributed by atoms with van der Waals surface area (Å²) in [7, 11) is 1.78. The summed E-state index contributed by atoms with van der Waals surface area (Å²) in [5.74, 6) is 2.13. The molecule has 0 fully saturated rings. The van der Waals surface area contributed by atoms with E-state index in [1.54, 1.807) is 7.05 Å². The van der Waals surface area contributed by atoms with Crippen LogP contribution in [0.2, 0.25) is 0 Å². The monoisotopic (exact) mass is 433 g/mol. The zero-order valence-electron chi connectivity index (χ0n) is 18.7. The van der Waals surface area contributed by atoms with Crippen LogP contribution < -0.4 is 5.32 Å². The number of fused-ring (bicyclic) bond motifs is 2. The molecule has 1 amide bonds. The van der Waals surface area contributed by atoms with Crippen LogP contribution in [-0.2, 0) is 11.2 Å². The maximum atomic E-state index is 13.3. The normalized spacial score (nSPS) is 16.2. The molecule has 31 heavy (non-hydrogen) atoms. The summed E-state index contributed by atoms with van der Waals surface area (Å²) < 4.78 is 0. The zero-order chi connectivity index (χ0) is 21.8. The highest BCUT2D eigenvalue weighted by Crippen LogP contribution is 2.36. The predicted molar refractivity (Wildman–Crippen MR) is 133 cm³/mol. The average Bonchev–Trinajstić information content (AvgIpc) is 3.17. The van der Waals surface area contributed by atoms with E-state index in [2.05, 4.69) is 60.6 Å². The molecule has 0 saturated carbocycles. The first-order chi connectivity index (χ1) is 15.1. The molecule has 5 heteroatoms. The number of rotatable bonds is 6. The van der Waals surface area contributed by atoms with Crippen molar-refractivity contribution in [3.8, 4) is 11.1 Å². The molecule has 2 aromatic rings. The van der Waals surface area contributed by atoms with E-state index in [0.29, 0.717) is 6.42 Å². The second-order valence-corrected chi connectivity index (χ2v) is 9.29. The fraction of sp³-hybridized carbons (Fsp3) is 0.385. The van der Waals surface area contributed by atoms with Crippen molar-refractivity contribution in [1.29, 1.82) is 0 Å². The van der Waals surface area contributed by atoms with Gasteiger partial charge in [0.2, 0.25) is 5.91 Å². The first-order valence-electron chi connectivity index (χ1n) is 11.3. The third kappa shape index (κ3) is 4.72. The molecule has 0 radical (unpaired) electrons. The summed E-state index contributed by atoms with van der Waals surface area (Å²) in [6, 6.07) is 13.2. The largest absolute Gasteiger partial charge is 0.343 e. The van der Waals surface area contributed by atoms with Crippen LogP contribution in [0.1, 0.15) is 44.2 Å². The Labute approximate surface area is 189 Å². The second kappa shape index (κ2) is 9.73. The van der Waals surface area contributed by atoms with E-state index in [1.807, 2.05) is 22.7 Å². The summed E-state index contributed by atoms with van der Waals surface area (Å²) in [6.45, 7) is 5.81. The van der Waals surface area contributed by atoms with Gasteiger partial charge in [0.05, 0.1) is 0 Å². The van der Waals surface area contributed by atoms with Gasteiger partial charge >= 0.3 is 0 Å². The standard InChI is InChI=1S/C26H31N3OS/c1-4-11-29(12-5-2)26(30)22-14-21-9-8-19(15-23(21)28-25(17-22)27-3)20-7-6-18-10-13-31-24(18)16-20/h6-9,14-16H,4-5,10-13,17H2,1-3H3,(H,27,28). The van der Waals surface area contributed by atoms with E-state index in [1.165, 1.54) is 27.3 Å². The molecule has 162 valence electrons. The number of carbonyl (C=O) groups excluding carboxylic acids is 1. The molecule has 4 nitrogen and oxygen atoms in total. The summed E-state index contributed by atoms with van der Waals surface area (Å²) in [5, 5.41) is 3.48. The van der Waals surface area contributed by atoms with Crippen LogP contribution in [0.3, 0.4) is 0 Å². The Morgan fingerprint density at radius 3 is 2.58 bits per heavy atom. The predicted octanol–water partition coefficient (Wildman–Crippen LogP) is 5.88. The number of aliphatic imine (C=N–C) groups is 1. The molecule has 0 unspecified atom stereocenters. The van der Waals surface area contributed by atoms with E-state index in [-0.39, 0.29) is 5.91 Å². The van der Waals surface area contributed by atoms with E-state index < -0.39 is 0 Å². The van der Waals surface area contributed by atoms with Gasteiger partial charge in [-0.2, -0.15) is 0 Å². The van der Waals surface area contributed by atoms with Crippen LogP contribution in [0.5, 0.6) is 0 Å². The molecule has 2 heterocycles. The molecule has 0 aromatic heterocycles. The SMILES string of the molecule is CCCN(CCC)C(=O)C1=Cc2ccc(-c3ccc4c(c3)SCC4)cc2NC(=NC)C1. The van der Waals surface area contributed by atoms with Crippen molar-refractivity contribution >= 4 is 35.3 Å². The number of nitrogens with one attached hydrogen (secondary N) is 1. The van der Waals surface area contributed by atoms with Gasteiger partial charge in [-0.1, -0.05) is 38.1 Å². The Morgan fingerprint density at radius 2 is 1.84 bits per heavy atom. The number of aryl methyl sites for hydroxylation is 1. The molecular weight excluding hydrogens is 402 g/mol. The van der Waals surface area contributed by atoms with Crippen LogP contribution in [-0.4, -0.2) is 42.5 Å². The fourth-order valence-electron chi connectivity index (χ4n) is 4.26. The lowest BCUT2D eigenvalue weighted by Crippen LogP contribution is -2.34. The van der Waals surface area contributed by atoms with Gasteiger partial charge in [0.15, 0.2) is 0 Å². The summed E-state index contributed by atoms with van der Waals surface area (Å²) in [4.78, 5) is 21.1. The number of carbonyl (C=O) groups is 1. The number of anilines is 1. The lowest BCUT2D eigenvalue weighted by atomic mass is 9.99. The molecule has 0 bridgehead atoms. The molecule has 0 saturated heterocycles. The third-order valence-electron chi connectivity index (χ3n) is 5.87. The highest BCUT2D eigenvalue weighted by molar-refractivity contribution is 7.99. The van der Waals surface area contributed by atoms with Gasteiger partial charge in [-0.05, 0) is 59.7 Å². The first kappa shape index (κ1) is 21.7. The van der Waals surface area contributed by atoms with Gasteiger partial charge in [0.1, 0.15) is 5.84 Å². The molecule has 0 aliphatic carbocycles. The molecule has 0 spiro atoms. The van der Waals surface area contributed by atoms with Crippen molar-refractivity contribution in [2.45, 2.75) is 44.4 Å². The molecular formula is C26H31N3OS. The molecule has 2 aliphatic rings. The topological polar surface area (TPSA) is 44.7 Å². The van der Waals surface area contributed by atoms with Crippen molar-refractivity contribution in [3.63, 3.8) is 0 Å². The van der Waals surface area contributed by atoms with Crippen molar-refractivity contribution in [1.82, 2.24) is 4.90 Å². The van der Waals surface area contributed by atoms with Crippen molar-refractivity contribution in [2.24, 2.45) is 4.99 Å². The summed E-state index contributed by atoms with van der Waals surface area (Å²) in [5.41, 5.74) is 6.71. The maximum absolute atomic E-state index is 13.3. The minimum atomic E-state index is 0.124. The van der Waals surface area contributed by atoms with Crippen LogP contribution in [0, 0.1) is 0 Å². The smallest absolute Gasteiger partial charge is 0.250 e. The number of hydrogen-bond donors (Lipinski definition) is 1. The van der Waals surface area contributed by atoms with Crippen LogP contribution >= 0.6 is 11.8 Å². The molecule has 2 aromatic carbocycles. The van der Waals surface area contributed by atoms with Gasteiger partial charge in [0, 0.05) is 48.5 Å². The maximum Gasteiger partial charge on any atom is 0.250 e. The van der Waals surface area contributed by atoms with Crippen molar-refractivity contribution in [2.75, 3.05) is 31.2 Å². The van der Waals surface area contributed by atoms with Gasteiger partial charge in [0.25, 0.3) is 0 Å². The fourth-order valence-corrected chi connectivity index (χ4v) is 5.37. The highest BCUT2D eigenvalue weighted by Gasteiger charge is 2.22. The van der Waals surface area contributed by atoms with Crippen molar-refractivity contribution < 1.29 is 4.79 Å². The Kier molecular flexibility index (Phi) is 6.81.